The van der Waals surface area contributed by atoms with E-state index in [4.69, 9.17) is 24.4 Å². The van der Waals surface area contributed by atoms with Gasteiger partial charge in [0.1, 0.15) is 6.10 Å². The van der Waals surface area contributed by atoms with Crippen molar-refractivity contribution in [1.29, 1.82) is 0 Å². The zero-order chi connectivity index (χ0) is 10.8. The summed E-state index contributed by atoms with van der Waals surface area (Å²) in [7, 11) is -4.21. The maximum atomic E-state index is 10.4. The number of ether oxygens (including phenoxy) is 2. The minimum absolute atomic E-state index is 0.102. The van der Waals surface area contributed by atoms with Crippen LogP contribution in [0.2, 0.25) is 0 Å². The maximum Gasteiger partial charge on any atom is 0.351 e. The van der Waals surface area contributed by atoms with E-state index in [1.807, 2.05) is 0 Å². The molecule has 0 aromatic rings. The van der Waals surface area contributed by atoms with Gasteiger partial charge in [0.15, 0.2) is 12.6 Å². The van der Waals surface area contributed by atoms with Crippen LogP contribution in [0.3, 0.4) is 0 Å². The van der Waals surface area contributed by atoms with E-state index in [0.717, 1.165) is 0 Å². The van der Waals surface area contributed by atoms with Crippen molar-refractivity contribution in [2.24, 2.45) is 0 Å². The third-order valence-electron chi connectivity index (χ3n) is 1.80. The van der Waals surface area contributed by atoms with Gasteiger partial charge in [0.25, 0.3) is 0 Å². The number of aliphatic hydroxyl groups is 2. The van der Waals surface area contributed by atoms with Gasteiger partial charge in [-0.3, -0.25) is 4.57 Å². The summed E-state index contributed by atoms with van der Waals surface area (Å²) in [5.41, 5.74) is 0. The molecule has 0 saturated carbocycles. The van der Waals surface area contributed by atoms with Crippen LogP contribution in [0.1, 0.15) is 6.42 Å². The molecule has 1 rings (SSSR count). The van der Waals surface area contributed by atoms with Crippen LogP contribution in [0.15, 0.2) is 0 Å². The minimum atomic E-state index is -4.21. The van der Waals surface area contributed by atoms with Gasteiger partial charge < -0.3 is 29.5 Å². The zero-order valence-corrected chi connectivity index (χ0v) is 8.21. The molecule has 1 fully saturated rings. The van der Waals surface area contributed by atoms with E-state index in [-0.39, 0.29) is 13.0 Å². The average molecular weight is 228 g/mol. The molecule has 0 radical (unpaired) electrons. The standard InChI is InChI=1S/C6H13O7P/c7-2-5-4(8)1-6(13-5)12-3-14(9,10)11/h4-8H,1-3H2,(H2,9,10,11)/t4-,5+,6+/m0/s1. The Balaban J connectivity index is 2.32. The van der Waals surface area contributed by atoms with Crippen molar-refractivity contribution in [1.82, 2.24) is 0 Å². The lowest BCUT2D eigenvalue weighted by atomic mass is 10.2. The van der Waals surface area contributed by atoms with Gasteiger partial charge in [-0.05, 0) is 0 Å². The van der Waals surface area contributed by atoms with E-state index < -0.39 is 32.4 Å². The summed E-state index contributed by atoms with van der Waals surface area (Å²) < 4.78 is 20.1. The van der Waals surface area contributed by atoms with Crippen LogP contribution in [0.5, 0.6) is 0 Å². The monoisotopic (exact) mass is 228 g/mol. The molecule has 0 aliphatic carbocycles. The fraction of sp³-hybridized carbons (Fsp3) is 1.00. The average Bonchev–Trinajstić information content (AvgIpc) is 2.42. The zero-order valence-electron chi connectivity index (χ0n) is 7.31. The minimum Gasteiger partial charge on any atom is -0.394 e. The van der Waals surface area contributed by atoms with Gasteiger partial charge in [0.2, 0.25) is 0 Å². The second-order valence-electron chi connectivity index (χ2n) is 3.05. The van der Waals surface area contributed by atoms with Crippen LogP contribution in [-0.2, 0) is 14.0 Å². The summed E-state index contributed by atoms with van der Waals surface area (Å²) in [6, 6.07) is 0. The normalized spacial score (nSPS) is 33.6. The van der Waals surface area contributed by atoms with Gasteiger partial charge in [-0.15, -0.1) is 0 Å². The molecular weight excluding hydrogens is 215 g/mol. The van der Waals surface area contributed by atoms with E-state index in [1.54, 1.807) is 0 Å². The summed E-state index contributed by atoms with van der Waals surface area (Å²) in [4.78, 5) is 17.0. The second-order valence-corrected chi connectivity index (χ2v) is 4.64. The molecule has 0 aromatic carbocycles. The Kier molecular flexibility index (Phi) is 4.03. The molecule has 3 atom stereocenters. The molecule has 0 spiro atoms. The van der Waals surface area contributed by atoms with E-state index >= 15 is 0 Å². The van der Waals surface area contributed by atoms with Crippen molar-refractivity contribution >= 4 is 7.60 Å². The highest BCUT2D eigenvalue weighted by Crippen LogP contribution is 2.35. The van der Waals surface area contributed by atoms with Crippen LogP contribution in [0.25, 0.3) is 0 Å². The predicted molar refractivity (Wildman–Crippen MR) is 44.4 cm³/mol. The molecule has 0 unspecified atom stereocenters. The number of hydrogen-bond donors (Lipinski definition) is 4. The molecule has 1 aliphatic rings. The Labute approximate surface area is 80.4 Å². The van der Waals surface area contributed by atoms with E-state index in [2.05, 4.69) is 0 Å². The van der Waals surface area contributed by atoms with Gasteiger partial charge in [-0.2, -0.15) is 0 Å². The molecule has 0 bridgehead atoms. The van der Waals surface area contributed by atoms with E-state index in [9.17, 15) is 9.67 Å². The summed E-state index contributed by atoms with van der Waals surface area (Å²) in [6.07, 6.45) is -3.11. The Morgan fingerprint density at radius 2 is 2.14 bits per heavy atom. The van der Waals surface area contributed by atoms with E-state index in [0.29, 0.717) is 0 Å². The third kappa shape index (κ3) is 3.62. The highest BCUT2D eigenvalue weighted by Gasteiger charge is 2.34. The molecular formula is C6H13O7P. The second kappa shape index (κ2) is 4.67. The topological polar surface area (TPSA) is 116 Å². The van der Waals surface area contributed by atoms with Crippen LogP contribution < -0.4 is 0 Å². The molecule has 8 heteroatoms. The third-order valence-corrected chi connectivity index (χ3v) is 2.28. The van der Waals surface area contributed by atoms with Crippen LogP contribution in [0.4, 0.5) is 0 Å². The molecule has 14 heavy (non-hydrogen) atoms. The van der Waals surface area contributed by atoms with Crippen LogP contribution >= 0.6 is 7.60 Å². The van der Waals surface area contributed by atoms with Crippen molar-refractivity contribution in [2.45, 2.75) is 24.9 Å². The lowest BCUT2D eigenvalue weighted by molar-refractivity contribution is -0.134. The predicted octanol–water partition coefficient (Wildman–Crippen LogP) is -1.39. The summed E-state index contributed by atoms with van der Waals surface area (Å²) in [6.45, 7) is -0.350. The SMILES string of the molecule is O=P(O)(O)CO[C@H]1C[C@H](O)[C@@H](CO)O1. The molecule has 1 heterocycles. The molecule has 4 N–H and O–H groups in total. The lowest BCUT2D eigenvalue weighted by Gasteiger charge is -2.13. The Bertz CT molecular complexity index is 226. The first kappa shape index (κ1) is 12.1. The molecule has 1 saturated heterocycles. The van der Waals surface area contributed by atoms with Gasteiger partial charge in [-0.1, -0.05) is 0 Å². The van der Waals surface area contributed by atoms with Crippen molar-refractivity contribution in [3.05, 3.63) is 0 Å². The summed E-state index contributed by atoms with van der Waals surface area (Å²) >= 11 is 0. The largest absolute Gasteiger partial charge is 0.394 e. The molecule has 84 valence electrons. The highest BCUT2D eigenvalue weighted by molar-refractivity contribution is 7.51. The fourth-order valence-corrected chi connectivity index (χ4v) is 1.50. The van der Waals surface area contributed by atoms with Crippen LogP contribution in [0, 0.1) is 0 Å². The smallest absolute Gasteiger partial charge is 0.351 e. The van der Waals surface area contributed by atoms with Crippen LogP contribution in [-0.4, -0.2) is 51.5 Å². The van der Waals surface area contributed by atoms with Gasteiger partial charge in [0, 0.05) is 6.42 Å². The molecule has 1 aliphatic heterocycles. The molecule has 0 amide bonds. The Morgan fingerprint density at radius 1 is 1.50 bits per heavy atom. The lowest BCUT2D eigenvalue weighted by Crippen LogP contribution is -2.24. The Morgan fingerprint density at radius 3 is 2.57 bits per heavy atom. The number of hydrogen-bond acceptors (Lipinski definition) is 5. The van der Waals surface area contributed by atoms with Gasteiger partial charge in [-0.25, -0.2) is 0 Å². The molecule has 7 nitrogen and oxygen atoms in total. The van der Waals surface area contributed by atoms with Gasteiger partial charge in [0.05, 0.1) is 12.7 Å². The first-order valence-electron chi connectivity index (χ1n) is 4.03. The van der Waals surface area contributed by atoms with E-state index in [1.165, 1.54) is 0 Å². The molecule has 0 aromatic heterocycles. The Hall–Kier alpha value is -0.0100. The fourth-order valence-electron chi connectivity index (χ4n) is 1.14. The van der Waals surface area contributed by atoms with Crippen molar-refractivity contribution < 1.29 is 34.0 Å². The van der Waals surface area contributed by atoms with Crippen molar-refractivity contribution in [3.63, 3.8) is 0 Å². The van der Waals surface area contributed by atoms with Gasteiger partial charge >= 0.3 is 7.60 Å². The first-order valence-corrected chi connectivity index (χ1v) is 5.82. The summed E-state index contributed by atoms with van der Waals surface area (Å²) in [5.74, 6) is 0. The maximum absolute atomic E-state index is 10.4. The summed E-state index contributed by atoms with van der Waals surface area (Å²) in [5, 5.41) is 17.9. The van der Waals surface area contributed by atoms with Crippen molar-refractivity contribution in [2.75, 3.05) is 13.0 Å². The van der Waals surface area contributed by atoms with Crippen molar-refractivity contribution in [3.8, 4) is 0 Å². The number of rotatable bonds is 4. The quantitative estimate of drug-likeness (QED) is 0.437. The number of aliphatic hydroxyl groups excluding tert-OH is 2. The first-order chi connectivity index (χ1) is 6.42. The highest BCUT2D eigenvalue weighted by atomic mass is 31.2.